The molecule has 3 aliphatic carbocycles. The highest BCUT2D eigenvalue weighted by Crippen LogP contribution is 2.59. The molecule has 0 aliphatic heterocycles. The first-order valence-corrected chi connectivity index (χ1v) is 13.0. The van der Waals surface area contributed by atoms with Crippen LogP contribution in [0, 0.1) is 23.2 Å². The second kappa shape index (κ2) is 9.46. The highest BCUT2D eigenvalue weighted by atomic mass is 31.2. The van der Waals surface area contributed by atoms with Crippen LogP contribution < -0.4 is 0 Å². The summed E-state index contributed by atoms with van der Waals surface area (Å²) in [6.07, 6.45) is 12.2. The normalized spacial score (nSPS) is 39.3. The van der Waals surface area contributed by atoms with E-state index in [0.717, 1.165) is 37.7 Å². The molecule has 0 aromatic heterocycles. The summed E-state index contributed by atoms with van der Waals surface area (Å²) < 4.78 is 11.2. The van der Waals surface area contributed by atoms with Crippen molar-refractivity contribution in [1.29, 1.82) is 0 Å². The molecule has 174 valence electrons. The van der Waals surface area contributed by atoms with Gasteiger partial charge in [0.15, 0.2) is 5.85 Å². The summed E-state index contributed by atoms with van der Waals surface area (Å²) in [6.45, 7) is 8.39. The molecule has 31 heavy (non-hydrogen) atoms. The summed E-state index contributed by atoms with van der Waals surface area (Å²) in [5.74, 6) is -0.820. The van der Waals surface area contributed by atoms with Gasteiger partial charge in [-0.05, 0) is 78.9 Å². The second-order valence-corrected chi connectivity index (χ2v) is 11.6. The van der Waals surface area contributed by atoms with Gasteiger partial charge in [-0.2, -0.15) is 0 Å². The molecule has 7 atom stereocenters. The van der Waals surface area contributed by atoms with Crippen LogP contribution in [0.2, 0.25) is 0 Å². The quantitative estimate of drug-likeness (QED) is 0.320. The van der Waals surface area contributed by atoms with Crippen LogP contribution in [0.4, 0.5) is 0 Å². The van der Waals surface area contributed by atoms with E-state index in [1.807, 2.05) is 6.08 Å². The number of hydrogen-bond acceptors (Lipinski definition) is 4. The van der Waals surface area contributed by atoms with Gasteiger partial charge in [0, 0.05) is 6.42 Å². The van der Waals surface area contributed by atoms with Crippen molar-refractivity contribution in [3.05, 3.63) is 47.6 Å². The molecule has 0 bridgehead atoms. The predicted octanol–water partition coefficient (Wildman–Crippen LogP) is 3.82. The van der Waals surface area contributed by atoms with Crippen molar-refractivity contribution in [2.45, 2.75) is 76.8 Å². The van der Waals surface area contributed by atoms with Gasteiger partial charge in [0.25, 0.3) is 0 Å². The second-order valence-electron chi connectivity index (χ2n) is 9.91. The Labute approximate surface area is 185 Å². The first kappa shape index (κ1) is 24.6. The number of allylic oxidation sites excluding steroid dienone is 4. The van der Waals surface area contributed by atoms with Gasteiger partial charge >= 0.3 is 7.60 Å². The Bertz CT molecular complexity index is 824. The molecule has 5 N–H and O–H groups in total. The molecule has 3 aliphatic rings. The maximum atomic E-state index is 11.2. The van der Waals surface area contributed by atoms with Gasteiger partial charge in [-0.25, -0.2) is 0 Å². The highest BCUT2D eigenvalue weighted by Gasteiger charge is 2.50. The first-order valence-electron chi connectivity index (χ1n) is 11.3. The van der Waals surface area contributed by atoms with Crippen LogP contribution in [0.1, 0.15) is 58.8 Å². The highest BCUT2D eigenvalue weighted by molar-refractivity contribution is 7.52. The van der Waals surface area contributed by atoms with Crippen molar-refractivity contribution in [3.8, 4) is 0 Å². The maximum Gasteiger partial charge on any atom is 0.357 e. The Morgan fingerprint density at radius 1 is 1.19 bits per heavy atom. The average molecular weight is 453 g/mol. The van der Waals surface area contributed by atoms with Crippen LogP contribution in [-0.4, -0.2) is 43.2 Å². The van der Waals surface area contributed by atoms with E-state index in [-0.39, 0.29) is 11.3 Å². The number of aliphatic hydroxyl groups excluding tert-OH is 3. The lowest BCUT2D eigenvalue weighted by atomic mass is 9.61. The summed E-state index contributed by atoms with van der Waals surface area (Å²) in [7, 11) is -4.53. The molecule has 0 saturated heterocycles. The topological polar surface area (TPSA) is 118 Å². The van der Waals surface area contributed by atoms with Crippen LogP contribution in [0.15, 0.2) is 47.6 Å². The van der Waals surface area contributed by atoms with E-state index < -0.39 is 25.6 Å². The summed E-state index contributed by atoms with van der Waals surface area (Å²) >= 11 is 0. The summed E-state index contributed by atoms with van der Waals surface area (Å²) in [4.78, 5) is 18.2. The fourth-order valence-electron chi connectivity index (χ4n) is 6.13. The lowest BCUT2D eigenvalue weighted by molar-refractivity contribution is 0.0862. The molecule has 0 radical (unpaired) electrons. The zero-order valence-corrected chi connectivity index (χ0v) is 19.4. The number of aliphatic hydroxyl groups is 3. The zero-order chi connectivity index (χ0) is 23.0. The van der Waals surface area contributed by atoms with Gasteiger partial charge in [0.1, 0.15) is 0 Å². The van der Waals surface area contributed by atoms with E-state index in [2.05, 4.69) is 26.5 Å². The molecule has 3 saturated carbocycles. The summed E-state index contributed by atoms with van der Waals surface area (Å²) in [5, 5.41) is 29.7. The van der Waals surface area contributed by atoms with Crippen molar-refractivity contribution in [2.24, 2.45) is 23.2 Å². The van der Waals surface area contributed by atoms with Crippen LogP contribution in [0.25, 0.3) is 0 Å². The van der Waals surface area contributed by atoms with Crippen molar-refractivity contribution in [1.82, 2.24) is 0 Å². The van der Waals surface area contributed by atoms with Crippen LogP contribution in [0.5, 0.6) is 0 Å². The molecule has 6 nitrogen and oxygen atoms in total. The Hall–Kier alpha value is -1.01. The monoisotopic (exact) mass is 452 g/mol. The average Bonchev–Trinajstić information content (AvgIpc) is 3.04. The fraction of sp³-hybridized carbons (Fsp3) is 0.667. The molecule has 1 unspecified atom stereocenters. The van der Waals surface area contributed by atoms with Crippen molar-refractivity contribution in [3.63, 3.8) is 0 Å². The maximum absolute atomic E-state index is 11.2. The minimum atomic E-state index is -4.53. The van der Waals surface area contributed by atoms with Crippen molar-refractivity contribution < 1.29 is 29.7 Å². The minimum Gasteiger partial charge on any atom is -0.393 e. The third-order valence-electron chi connectivity index (χ3n) is 7.87. The first-order chi connectivity index (χ1) is 14.4. The van der Waals surface area contributed by atoms with E-state index >= 15 is 0 Å². The zero-order valence-electron chi connectivity index (χ0n) is 18.5. The molecule has 0 spiro atoms. The smallest absolute Gasteiger partial charge is 0.357 e. The molecular weight excluding hydrogens is 415 g/mol. The van der Waals surface area contributed by atoms with E-state index in [0.29, 0.717) is 30.3 Å². The van der Waals surface area contributed by atoms with E-state index in [1.165, 1.54) is 11.6 Å². The van der Waals surface area contributed by atoms with Gasteiger partial charge in [0.2, 0.25) is 0 Å². The summed E-state index contributed by atoms with van der Waals surface area (Å²) in [6, 6.07) is 0. The molecule has 0 amide bonds. The summed E-state index contributed by atoms with van der Waals surface area (Å²) in [5.41, 5.74) is 3.12. The number of fused-ring (bicyclic) bond motifs is 1. The molecule has 0 heterocycles. The van der Waals surface area contributed by atoms with E-state index in [9.17, 15) is 19.9 Å². The SMILES string of the molecule is C=C1/C(=C\C=C2/CCC[C@@]3(C)C2CC[C@@H]3[C@H](C)/C=C/[C@H](O)P(=O)(O)O)C[C@@H](O)C[C@@H]1O. The third-order valence-corrected chi connectivity index (χ3v) is 8.73. The van der Waals surface area contributed by atoms with Gasteiger partial charge in [-0.15, -0.1) is 0 Å². The standard InChI is InChI=1S/C24H37O6P/c1-15(6-11-23(27)31(28,29)30)20-9-10-21-17(5-4-12-24(20,21)3)7-8-18-13-19(25)14-22(26)16(18)2/h6-8,11,15,19-23,25-27H,2,4-5,9-10,12-14H2,1,3H3,(H2,28,29,30)/b11-6+,17-7+,18-8-/t15-,19-,20-,21?,22+,23-,24-/m1/s1. The fourth-order valence-corrected chi connectivity index (χ4v) is 6.45. The molecule has 0 aromatic carbocycles. The van der Waals surface area contributed by atoms with Crippen LogP contribution in [0.3, 0.4) is 0 Å². The third kappa shape index (κ3) is 5.32. The van der Waals surface area contributed by atoms with Crippen molar-refractivity contribution in [2.75, 3.05) is 0 Å². The molecule has 3 rings (SSSR count). The Morgan fingerprint density at radius 2 is 1.90 bits per heavy atom. The van der Waals surface area contributed by atoms with Crippen molar-refractivity contribution >= 4 is 7.60 Å². The Morgan fingerprint density at radius 3 is 2.58 bits per heavy atom. The van der Waals surface area contributed by atoms with Crippen LogP contribution >= 0.6 is 7.60 Å². The lowest BCUT2D eigenvalue weighted by Crippen LogP contribution is -2.35. The van der Waals surface area contributed by atoms with Crippen LogP contribution in [-0.2, 0) is 4.57 Å². The molecular formula is C24H37O6P. The molecule has 7 heteroatoms. The van der Waals surface area contributed by atoms with Gasteiger partial charge in [0.05, 0.1) is 12.2 Å². The van der Waals surface area contributed by atoms with E-state index in [4.69, 9.17) is 9.79 Å². The predicted molar refractivity (Wildman–Crippen MR) is 121 cm³/mol. The molecule has 3 fully saturated rings. The largest absolute Gasteiger partial charge is 0.393 e. The number of hydrogen-bond donors (Lipinski definition) is 5. The van der Waals surface area contributed by atoms with Gasteiger partial charge in [-0.1, -0.05) is 44.2 Å². The number of rotatable bonds is 5. The van der Waals surface area contributed by atoms with E-state index in [1.54, 1.807) is 6.08 Å². The Kier molecular flexibility index (Phi) is 7.52. The Balaban J connectivity index is 1.77. The van der Waals surface area contributed by atoms with Gasteiger partial charge < -0.3 is 25.1 Å². The van der Waals surface area contributed by atoms with Gasteiger partial charge in [-0.3, -0.25) is 4.57 Å². The molecule has 0 aromatic rings. The lowest BCUT2D eigenvalue weighted by Gasteiger charge is -2.44. The minimum absolute atomic E-state index is 0.0992.